The number of nitrogens with zero attached hydrogens (tertiary/aromatic N) is 1. The van der Waals surface area contributed by atoms with Crippen molar-refractivity contribution in [3.8, 4) is 0 Å². The number of hydrogen-bond donors (Lipinski definition) is 1. The molecule has 2 aliphatic rings. The average Bonchev–Trinajstić information content (AvgIpc) is 3.25. The van der Waals surface area contributed by atoms with Gasteiger partial charge in [0.2, 0.25) is 0 Å². The van der Waals surface area contributed by atoms with Crippen LogP contribution in [0.3, 0.4) is 0 Å². The monoisotopic (exact) mass is 322 g/mol. The molecule has 2 aromatic rings. The zero-order chi connectivity index (χ0) is 16.4. The van der Waals surface area contributed by atoms with E-state index in [4.69, 9.17) is 4.74 Å². The van der Waals surface area contributed by atoms with Gasteiger partial charge >= 0.3 is 0 Å². The van der Waals surface area contributed by atoms with Crippen LogP contribution < -0.4 is 5.32 Å². The zero-order valence-corrected chi connectivity index (χ0v) is 13.7. The summed E-state index contributed by atoms with van der Waals surface area (Å²) >= 11 is 0. The fourth-order valence-electron chi connectivity index (χ4n) is 3.73. The van der Waals surface area contributed by atoms with Gasteiger partial charge in [-0.25, -0.2) is 0 Å². The van der Waals surface area contributed by atoms with E-state index in [0.29, 0.717) is 25.0 Å². The van der Waals surface area contributed by atoms with Crippen LogP contribution in [0.25, 0.3) is 0 Å². The second-order valence-corrected chi connectivity index (χ2v) is 6.74. The topological polar surface area (TPSA) is 51.2 Å². The molecule has 0 spiro atoms. The third-order valence-corrected chi connectivity index (χ3v) is 5.19. The molecule has 2 heterocycles. The minimum Gasteiger partial charge on any atom is -0.360 e. The van der Waals surface area contributed by atoms with Crippen LogP contribution >= 0.6 is 0 Å². The van der Waals surface area contributed by atoms with Gasteiger partial charge in [0.05, 0.1) is 0 Å². The Kier molecular flexibility index (Phi) is 4.07. The van der Waals surface area contributed by atoms with Crippen LogP contribution in [0.2, 0.25) is 0 Å². The van der Waals surface area contributed by atoms with Crippen molar-refractivity contribution in [3.63, 3.8) is 0 Å². The van der Waals surface area contributed by atoms with Crippen molar-refractivity contribution in [1.82, 2.24) is 10.3 Å². The number of benzene rings is 1. The maximum Gasteiger partial charge on any atom is 0.256 e. The van der Waals surface area contributed by atoms with Gasteiger partial charge in [0.25, 0.3) is 5.91 Å². The number of carbonyl (C=O) groups excluding carboxylic acids is 1. The normalized spacial score (nSPS) is 28.5. The van der Waals surface area contributed by atoms with Gasteiger partial charge in [0, 0.05) is 25.5 Å². The molecule has 4 rings (SSSR count). The maximum atomic E-state index is 12.9. The summed E-state index contributed by atoms with van der Waals surface area (Å²) < 4.78 is 5.93. The minimum absolute atomic E-state index is 0.00281. The summed E-state index contributed by atoms with van der Waals surface area (Å²) in [7, 11) is 0. The fourth-order valence-corrected chi connectivity index (χ4v) is 3.73. The Hall–Kier alpha value is -2.20. The summed E-state index contributed by atoms with van der Waals surface area (Å²) in [6, 6.07) is 14.0. The number of hydrogen-bond acceptors (Lipinski definition) is 3. The summed E-state index contributed by atoms with van der Waals surface area (Å²) in [5.74, 6) is 1.03. The first-order chi connectivity index (χ1) is 11.8. The third-order valence-electron chi connectivity index (χ3n) is 5.19. The molecule has 2 fully saturated rings. The standard InChI is InChI=1S/C20H22N2O2/c23-19(20(9-5-11-24-20)17-7-2-1-3-8-17)22-14-16-12-18(16)15-6-4-10-21-13-15/h1-4,6-8,10,13,16,18H,5,9,11-12,14H2,(H,22,23)/t16-,18-,20?/m0/s1. The highest BCUT2D eigenvalue weighted by atomic mass is 16.5. The molecule has 24 heavy (non-hydrogen) atoms. The van der Waals surface area contributed by atoms with E-state index in [-0.39, 0.29) is 5.91 Å². The molecule has 1 aliphatic carbocycles. The first kappa shape index (κ1) is 15.3. The molecule has 4 nitrogen and oxygen atoms in total. The SMILES string of the molecule is O=C(NC[C@@H]1C[C@H]1c1cccnc1)C1(c2ccccc2)CCCO1. The second-order valence-electron chi connectivity index (χ2n) is 6.74. The molecule has 1 saturated carbocycles. The van der Waals surface area contributed by atoms with Gasteiger partial charge < -0.3 is 10.1 Å². The van der Waals surface area contributed by atoms with E-state index < -0.39 is 5.60 Å². The van der Waals surface area contributed by atoms with Crippen LogP contribution in [-0.2, 0) is 15.1 Å². The molecule has 124 valence electrons. The molecule has 1 saturated heterocycles. The number of ether oxygens (including phenoxy) is 1. The number of carbonyl (C=O) groups is 1. The third kappa shape index (κ3) is 2.82. The van der Waals surface area contributed by atoms with Crippen molar-refractivity contribution in [3.05, 3.63) is 66.0 Å². The Bertz CT molecular complexity index is 696. The molecule has 1 amide bonds. The van der Waals surface area contributed by atoms with Crippen molar-refractivity contribution >= 4 is 5.91 Å². The van der Waals surface area contributed by atoms with Gasteiger partial charge in [-0.3, -0.25) is 9.78 Å². The summed E-state index contributed by atoms with van der Waals surface area (Å²) in [6.45, 7) is 1.35. The molecule has 4 heteroatoms. The van der Waals surface area contributed by atoms with Gasteiger partial charge in [-0.2, -0.15) is 0 Å². The van der Waals surface area contributed by atoms with E-state index in [1.807, 2.05) is 42.6 Å². The minimum atomic E-state index is -0.806. The second kappa shape index (κ2) is 6.36. The van der Waals surface area contributed by atoms with Crippen LogP contribution in [0.15, 0.2) is 54.9 Å². The Balaban J connectivity index is 1.41. The summed E-state index contributed by atoms with van der Waals surface area (Å²) in [4.78, 5) is 17.1. The average molecular weight is 322 g/mol. The molecule has 1 N–H and O–H groups in total. The lowest BCUT2D eigenvalue weighted by Gasteiger charge is -2.27. The van der Waals surface area contributed by atoms with Gasteiger partial charge in [-0.15, -0.1) is 0 Å². The molecule has 0 radical (unpaired) electrons. The highest BCUT2D eigenvalue weighted by molar-refractivity contribution is 5.87. The van der Waals surface area contributed by atoms with E-state index in [1.165, 1.54) is 5.56 Å². The number of nitrogens with one attached hydrogen (secondary N) is 1. The summed E-state index contributed by atoms with van der Waals surface area (Å²) in [5.41, 5.74) is 1.42. The predicted molar refractivity (Wildman–Crippen MR) is 91.4 cm³/mol. The zero-order valence-electron chi connectivity index (χ0n) is 13.7. The Morgan fingerprint density at radius 1 is 1.25 bits per heavy atom. The molecule has 1 unspecified atom stereocenters. The van der Waals surface area contributed by atoms with E-state index in [0.717, 1.165) is 24.8 Å². The van der Waals surface area contributed by atoms with Gasteiger partial charge in [0.1, 0.15) is 0 Å². The fraction of sp³-hybridized carbons (Fsp3) is 0.400. The summed E-state index contributed by atoms with van der Waals surface area (Å²) in [6.07, 6.45) is 6.51. The Morgan fingerprint density at radius 3 is 2.83 bits per heavy atom. The smallest absolute Gasteiger partial charge is 0.256 e. The Labute approximate surface area is 142 Å². The first-order valence-electron chi connectivity index (χ1n) is 8.67. The van der Waals surface area contributed by atoms with E-state index >= 15 is 0 Å². The van der Waals surface area contributed by atoms with Crippen LogP contribution in [0.4, 0.5) is 0 Å². The van der Waals surface area contributed by atoms with Gasteiger partial charge in [-0.05, 0) is 48.3 Å². The number of amides is 1. The van der Waals surface area contributed by atoms with Crippen molar-refractivity contribution in [2.24, 2.45) is 5.92 Å². The lowest BCUT2D eigenvalue weighted by Crippen LogP contribution is -2.44. The van der Waals surface area contributed by atoms with Crippen LogP contribution in [0, 0.1) is 5.92 Å². The molecule has 3 atom stereocenters. The van der Waals surface area contributed by atoms with Crippen LogP contribution in [0.5, 0.6) is 0 Å². The molecule has 0 bridgehead atoms. The van der Waals surface area contributed by atoms with Crippen molar-refractivity contribution in [2.45, 2.75) is 30.8 Å². The van der Waals surface area contributed by atoms with Gasteiger partial charge in [0.15, 0.2) is 5.60 Å². The first-order valence-corrected chi connectivity index (χ1v) is 8.67. The highest BCUT2D eigenvalue weighted by Gasteiger charge is 2.45. The van der Waals surface area contributed by atoms with E-state index in [1.54, 1.807) is 6.20 Å². The molecule has 1 aliphatic heterocycles. The van der Waals surface area contributed by atoms with Crippen LogP contribution in [-0.4, -0.2) is 24.0 Å². The van der Waals surface area contributed by atoms with Crippen molar-refractivity contribution in [2.75, 3.05) is 13.2 Å². The molecular formula is C20H22N2O2. The molecule has 1 aromatic heterocycles. The number of rotatable bonds is 5. The maximum absolute atomic E-state index is 12.9. The van der Waals surface area contributed by atoms with Crippen molar-refractivity contribution in [1.29, 1.82) is 0 Å². The highest BCUT2D eigenvalue weighted by Crippen LogP contribution is 2.47. The Morgan fingerprint density at radius 2 is 2.12 bits per heavy atom. The van der Waals surface area contributed by atoms with E-state index in [2.05, 4.69) is 16.4 Å². The van der Waals surface area contributed by atoms with Crippen molar-refractivity contribution < 1.29 is 9.53 Å². The van der Waals surface area contributed by atoms with E-state index in [9.17, 15) is 4.79 Å². The molecule has 1 aromatic carbocycles. The summed E-state index contributed by atoms with van der Waals surface area (Å²) in [5, 5.41) is 3.14. The lowest BCUT2D eigenvalue weighted by atomic mass is 9.90. The quantitative estimate of drug-likeness (QED) is 0.920. The molecular weight excluding hydrogens is 300 g/mol. The predicted octanol–water partition coefficient (Wildman–Crippen LogP) is 3.01. The number of pyridine rings is 1. The number of aromatic nitrogens is 1. The lowest BCUT2D eigenvalue weighted by molar-refractivity contribution is -0.142. The largest absolute Gasteiger partial charge is 0.360 e. The van der Waals surface area contributed by atoms with Crippen LogP contribution in [0.1, 0.15) is 36.3 Å². The van der Waals surface area contributed by atoms with Gasteiger partial charge in [-0.1, -0.05) is 36.4 Å².